The van der Waals surface area contributed by atoms with E-state index in [9.17, 15) is 14.4 Å². The first kappa shape index (κ1) is 18.9. The molecule has 6 nitrogen and oxygen atoms in total. The summed E-state index contributed by atoms with van der Waals surface area (Å²) in [4.78, 5) is 37.5. The van der Waals surface area contributed by atoms with Crippen molar-refractivity contribution >= 4 is 11.8 Å². The zero-order valence-corrected chi connectivity index (χ0v) is 16.0. The van der Waals surface area contributed by atoms with Gasteiger partial charge in [0.15, 0.2) is 0 Å². The predicted molar refractivity (Wildman–Crippen MR) is 104 cm³/mol. The number of aryl methyl sites for hydroxylation is 2. The number of aromatic nitrogens is 1. The Bertz CT molecular complexity index is 922. The van der Waals surface area contributed by atoms with Crippen molar-refractivity contribution in [1.29, 1.82) is 0 Å². The number of carbonyl (C=O) groups excluding carboxylic acids is 2. The molecule has 0 spiro atoms. The second kappa shape index (κ2) is 7.78. The Morgan fingerprint density at radius 1 is 1.07 bits per heavy atom. The lowest BCUT2D eigenvalue weighted by Gasteiger charge is -2.26. The molecule has 3 rings (SSSR count). The van der Waals surface area contributed by atoms with Gasteiger partial charge in [-0.05, 0) is 44.7 Å². The van der Waals surface area contributed by atoms with E-state index in [-0.39, 0.29) is 17.5 Å². The minimum absolute atomic E-state index is 0.0249. The van der Waals surface area contributed by atoms with Gasteiger partial charge < -0.3 is 15.2 Å². The average molecular weight is 367 g/mol. The maximum Gasteiger partial charge on any atom is 0.263 e. The number of carbonyl (C=O) groups is 2. The SMILES string of the molecule is CNC(=O)c1cc(C(=O)NC2CCC2)cn(Cc2cc(C)cc(C)c2)c1=O. The molecule has 1 aliphatic rings. The lowest BCUT2D eigenvalue weighted by molar-refractivity contribution is 0.0916. The van der Waals surface area contributed by atoms with Crippen LogP contribution >= 0.6 is 0 Å². The maximum atomic E-state index is 12.8. The molecule has 1 aromatic carbocycles. The molecule has 142 valence electrons. The summed E-state index contributed by atoms with van der Waals surface area (Å²) in [6.07, 6.45) is 4.59. The van der Waals surface area contributed by atoms with Crippen molar-refractivity contribution in [2.24, 2.45) is 0 Å². The summed E-state index contributed by atoms with van der Waals surface area (Å²) in [7, 11) is 1.47. The van der Waals surface area contributed by atoms with Gasteiger partial charge in [0.2, 0.25) is 0 Å². The van der Waals surface area contributed by atoms with Crippen molar-refractivity contribution in [2.75, 3.05) is 7.05 Å². The van der Waals surface area contributed by atoms with Gasteiger partial charge in [-0.2, -0.15) is 0 Å². The summed E-state index contributed by atoms with van der Waals surface area (Å²) in [5, 5.41) is 5.44. The largest absolute Gasteiger partial charge is 0.355 e. The monoisotopic (exact) mass is 367 g/mol. The Morgan fingerprint density at radius 3 is 2.30 bits per heavy atom. The normalized spacial score (nSPS) is 13.7. The smallest absolute Gasteiger partial charge is 0.263 e. The molecule has 1 saturated carbocycles. The number of hydrogen-bond donors (Lipinski definition) is 2. The Labute approximate surface area is 158 Å². The van der Waals surface area contributed by atoms with Crippen LogP contribution in [0.5, 0.6) is 0 Å². The fraction of sp³-hybridized carbons (Fsp3) is 0.381. The Morgan fingerprint density at radius 2 is 1.74 bits per heavy atom. The molecule has 1 fully saturated rings. The fourth-order valence-corrected chi connectivity index (χ4v) is 3.35. The highest BCUT2D eigenvalue weighted by Gasteiger charge is 2.22. The quantitative estimate of drug-likeness (QED) is 0.850. The zero-order chi connectivity index (χ0) is 19.6. The van der Waals surface area contributed by atoms with Crippen molar-refractivity contribution in [1.82, 2.24) is 15.2 Å². The van der Waals surface area contributed by atoms with E-state index in [0.29, 0.717) is 12.1 Å². The Kier molecular flexibility index (Phi) is 5.44. The lowest BCUT2D eigenvalue weighted by atomic mass is 9.93. The highest BCUT2D eigenvalue weighted by molar-refractivity contribution is 5.99. The van der Waals surface area contributed by atoms with E-state index in [1.54, 1.807) is 6.20 Å². The molecule has 0 aliphatic heterocycles. The molecule has 1 aliphatic carbocycles. The summed E-state index contributed by atoms with van der Waals surface area (Å²) in [5.41, 5.74) is 3.04. The number of nitrogens with zero attached hydrogens (tertiary/aromatic N) is 1. The molecule has 2 N–H and O–H groups in total. The molecule has 0 radical (unpaired) electrons. The molecule has 2 aromatic rings. The number of benzene rings is 1. The summed E-state index contributed by atoms with van der Waals surface area (Å²) in [6, 6.07) is 7.62. The lowest BCUT2D eigenvalue weighted by Crippen LogP contribution is -2.40. The molecule has 27 heavy (non-hydrogen) atoms. The van der Waals surface area contributed by atoms with Crippen molar-refractivity contribution < 1.29 is 9.59 Å². The predicted octanol–water partition coefficient (Wildman–Crippen LogP) is 2.16. The highest BCUT2D eigenvalue weighted by atomic mass is 16.2. The standard InChI is InChI=1S/C21H25N3O3/c1-13-7-14(2)9-15(8-13)11-24-12-16(19(25)23-17-5-4-6-17)10-18(21(24)27)20(26)22-3/h7-10,12,17H,4-6,11H2,1-3H3,(H,22,26)(H,23,25). The van der Waals surface area contributed by atoms with E-state index in [2.05, 4.69) is 16.7 Å². The third-order valence-electron chi connectivity index (χ3n) is 4.89. The van der Waals surface area contributed by atoms with Gasteiger partial charge in [-0.15, -0.1) is 0 Å². The topological polar surface area (TPSA) is 80.2 Å². The van der Waals surface area contributed by atoms with Gasteiger partial charge in [0, 0.05) is 19.3 Å². The van der Waals surface area contributed by atoms with Gasteiger partial charge in [0.25, 0.3) is 17.4 Å². The molecule has 0 bridgehead atoms. The summed E-state index contributed by atoms with van der Waals surface area (Å²) in [5.74, 6) is -0.744. The number of hydrogen-bond acceptors (Lipinski definition) is 3. The van der Waals surface area contributed by atoms with Crippen molar-refractivity contribution in [3.05, 3.63) is 68.6 Å². The van der Waals surface area contributed by atoms with Crippen LogP contribution < -0.4 is 16.2 Å². The van der Waals surface area contributed by atoms with Gasteiger partial charge in [-0.25, -0.2) is 0 Å². The van der Waals surface area contributed by atoms with Crippen molar-refractivity contribution in [2.45, 2.75) is 45.7 Å². The highest BCUT2D eigenvalue weighted by Crippen LogP contribution is 2.18. The second-order valence-electron chi connectivity index (χ2n) is 7.25. The van der Waals surface area contributed by atoms with E-state index < -0.39 is 11.5 Å². The van der Waals surface area contributed by atoms with Crippen LogP contribution in [0.2, 0.25) is 0 Å². The molecule has 1 aromatic heterocycles. The van der Waals surface area contributed by atoms with Gasteiger partial charge in [-0.3, -0.25) is 14.4 Å². The molecule has 6 heteroatoms. The minimum Gasteiger partial charge on any atom is -0.355 e. The van der Waals surface area contributed by atoms with Gasteiger partial charge in [-0.1, -0.05) is 29.3 Å². The minimum atomic E-state index is -0.493. The summed E-state index contributed by atoms with van der Waals surface area (Å²) in [6.45, 7) is 4.30. The zero-order valence-electron chi connectivity index (χ0n) is 16.0. The molecule has 1 heterocycles. The first-order chi connectivity index (χ1) is 12.9. The van der Waals surface area contributed by atoms with Crippen LogP contribution in [-0.4, -0.2) is 29.5 Å². The molecule has 0 atom stereocenters. The van der Waals surface area contributed by atoms with E-state index in [0.717, 1.165) is 36.0 Å². The van der Waals surface area contributed by atoms with Crippen LogP contribution in [0.4, 0.5) is 0 Å². The van der Waals surface area contributed by atoms with Crippen LogP contribution in [0, 0.1) is 13.8 Å². The summed E-state index contributed by atoms with van der Waals surface area (Å²) >= 11 is 0. The molecule has 2 amide bonds. The van der Waals surface area contributed by atoms with Crippen molar-refractivity contribution in [3.63, 3.8) is 0 Å². The van der Waals surface area contributed by atoms with Crippen LogP contribution in [0.25, 0.3) is 0 Å². The van der Waals surface area contributed by atoms with Crippen LogP contribution in [0.3, 0.4) is 0 Å². The van der Waals surface area contributed by atoms with Crippen LogP contribution in [-0.2, 0) is 6.54 Å². The van der Waals surface area contributed by atoms with Crippen molar-refractivity contribution in [3.8, 4) is 0 Å². The van der Waals surface area contributed by atoms with Gasteiger partial charge in [0.05, 0.1) is 12.1 Å². The van der Waals surface area contributed by atoms with Crippen LogP contribution in [0.1, 0.15) is 56.7 Å². The first-order valence-corrected chi connectivity index (χ1v) is 9.22. The van der Waals surface area contributed by atoms with Gasteiger partial charge >= 0.3 is 0 Å². The number of rotatable bonds is 5. The number of amides is 2. The number of pyridine rings is 1. The van der Waals surface area contributed by atoms with E-state index in [4.69, 9.17) is 0 Å². The average Bonchev–Trinajstić information content (AvgIpc) is 2.58. The molecule has 0 saturated heterocycles. The summed E-state index contributed by atoms with van der Waals surface area (Å²) < 4.78 is 1.44. The van der Waals surface area contributed by atoms with Gasteiger partial charge in [0.1, 0.15) is 5.56 Å². The van der Waals surface area contributed by atoms with E-state index >= 15 is 0 Å². The molecule has 0 unspecified atom stereocenters. The van der Waals surface area contributed by atoms with E-state index in [1.807, 2.05) is 26.0 Å². The third-order valence-corrected chi connectivity index (χ3v) is 4.89. The first-order valence-electron chi connectivity index (χ1n) is 9.22. The Balaban J connectivity index is 1.99. The van der Waals surface area contributed by atoms with E-state index in [1.165, 1.54) is 17.7 Å². The fourth-order valence-electron chi connectivity index (χ4n) is 3.35. The second-order valence-corrected chi connectivity index (χ2v) is 7.25. The molecular weight excluding hydrogens is 342 g/mol. The van der Waals surface area contributed by atoms with Crippen LogP contribution in [0.15, 0.2) is 35.3 Å². The Hall–Kier alpha value is -2.89. The molecular formula is C21H25N3O3. The maximum absolute atomic E-state index is 12.8. The third kappa shape index (κ3) is 4.27. The number of nitrogens with one attached hydrogen (secondary N) is 2.